The van der Waals surface area contributed by atoms with Crippen LogP contribution in [0.2, 0.25) is 5.02 Å². The lowest BCUT2D eigenvalue weighted by Gasteiger charge is -2.20. The molecule has 0 saturated carbocycles. The van der Waals surface area contributed by atoms with Crippen LogP contribution in [0.4, 0.5) is 5.69 Å². The normalized spacial score (nSPS) is 12.5. The van der Waals surface area contributed by atoms with Gasteiger partial charge in [0.15, 0.2) is 11.5 Å². The minimum Gasteiger partial charge on any atom is -0.486 e. The Balaban J connectivity index is 1.65. The van der Waals surface area contributed by atoms with Crippen molar-refractivity contribution in [2.75, 3.05) is 19.8 Å². The van der Waals surface area contributed by atoms with Gasteiger partial charge in [-0.2, -0.15) is 0 Å². The number of benzene rings is 2. The highest BCUT2D eigenvalue weighted by atomic mass is 35.5. The van der Waals surface area contributed by atoms with Gasteiger partial charge in [0.2, 0.25) is 0 Å². The summed E-state index contributed by atoms with van der Waals surface area (Å²) in [5.74, 6) is 0.621. The Labute approximate surface area is 148 Å². The summed E-state index contributed by atoms with van der Waals surface area (Å²) < 4.78 is 11.0. The van der Waals surface area contributed by atoms with Gasteiger partial charge in [-0.15, -0.1) is 0 Å². The molecular weight excluding hydrogens is 348 g/mol. The van der Waals surface area contributed by atoms with Crippen molar-refractivity contribution in [3.05, 3.63) is 62.7 Å². The van der Waals surface area contributed by atoms with Gasteiger partial charge in [0.05, 0.1) is 9.95 Å². The third-order valence-electron chi connectivity index (χ3n) is 3.70. The molecule has 7 nitrogen and oxygen atoms in total. The molecule has 0 radical (unpaired) electrons. The first kappa shape index (κ1) is 17.0. The summed E-state index contributed by atoms with van der Waals surface area (Å²) in [6.07, 6.45) is 0.503. The Hall–Kier alpha value is -2.80. The second-order valence-corrected chi connectivity index (χ2v) is 5.79. The minimum absolute atomic E-state index is 0.0349. The molecule has 0 aromatic heterocycles. The van der Waals surface area contributed by atoms with Crippen LogP contribution in [0.3, 0.4) is 0 Å². The molecular formula is C17H15ClN2O5. The molecule has 3 rings (SSSR count). The number of fused-ring (bicyclic) bond motifs is 1. The number of amides is 1. The van der Waals surface area contributed by atoms with Crippen LogP contribution < -0.4 is 14.8 Å². The Kier molecular flexibility index (Phi) is 5.04. The van der Waals surface area contributed by atoms with Crippen molar-refractivity contribution in [3.8, 4) is 11.5 Å². The van der Waals surface area contributed by atoms with Crippen molar-refractivity contribution in [1.82, 2.24) is 5.32 Å². The molecule has 0 atom stereocenters. The number of nitrogens with one attached hydrogen (secondary N) is 1. The molecule has 25 heavy (non-hydrogen) atoms. The highest BCUT2D eigenvalue weighted by Crippen LogP contribution is 2.38. The van der Waals surface area contributed by atoms with E-state index in [9.17, 15) is 14.9 Å². The Morgan fingerprint density at radius 1 is 1.24 bits per heavy atom. The molecule has 0 spiro atoms. The first-order valence-corrected chi connectivity index (χ1v) is 8.03. The number of hydrogen-bond donors (Lipinski definition) is 1. The Bertz CT molecular complexity index is 825. The van der Waals surface area contributed by atoms with E-state index < -0.39 is 10.8 Å². The van der Waals surface area contributed by atoms with Gasteiger partial charge in [0.25, 0.3) is 11.6 Å². The molecule has 0 fully saturated rings. The van der Waals surface area contributed by atoms with Crippen LogP contribution in [0.15, 0.2) is 36.4 Å². The van der Waals surface area contributed by atoms with Crippen LogP contribution >= 0.6 is 11.6 Å². The largest absolute Gasteiger partial charge is 0.486 e. The average molecular weight is 363 g/mol. The van der Waals surface area contributed by atoms with Crippen molar-refractivity contribution in [1.29, 1.82) is 0 Å². The summed E-state index contributed by atoms with van der Waals surface area (Å²) >= 11 is 6.17. The van der Waals surface area contributed by atoms with E-state index in [1.807, 2.05) is 6.07 Å². The predicted octanol–water partition coefficient (Wildman–Crippen LogP) is 2.99. The van der Waals surface area contributed by atoms with E-state index in [0.717, 1.165) is 5.56 Å². The van der Waals surface area contributed by atoms with Crippen molar-refractivity contribution in [2.45, 2.75) is 6.42 Å². The van der Waals surface area contributed by atoms with E-state index >= 15 is 0 Å². The first-order chi connectivity index (χ1) is 12.1. The van der Waals surface area contributed by atoms with Crippen LogP contribution in [-0.2, 0) is 6.42 Å². The number of rotatable bonds is 5. The number of nitrogens with zero attached hydrogens (tertiary/aromatic N) is 1. The average Bonchev–Trinajstić information content (AvgIpc) is 2.61. The summed E-state index contributed by atoms with van der Waals surface area (Å²) in [5.41, 5.74) is 0.687. The van der Waals surface area contributed by atoms with Crippen LogP contribution in [0.25, 0.3) is 0 Å². The molecule has 1 heterocycles. The van der Waals surface area contributed by atoms with E-state index in [0.29, 0.717) is 42.7 Å². The number of carbonyl (C=O) groups is 1. The highest BCUT2D eigenvalue weighted by molar-refractivity contribution is 6.32. The third kappa shape index (κ3) is 3.83. The molecule has 2 aromatic carbocycles. The monoisotopic (exact) mass is 362 g/mol. The van der Waals surface area contributed by atoms with Gasteiger partial charge in [0.1, 0.15) is 18.8 Å². The van der Waals surface area contributed by atoms with Gasteiger partial charge in [-0.3, -0.25) is 14.9 Å². The molecule has 0 unspecified atom stereocenters. The van der Waals surface area contributed by atoms with E-state index in [1.165, 1.54) is 18.2 Å². The summed E-state index contributed by atoms with van der Waals surface area (Å²) in [4.78, 5) is 22.6. The Morgan fingerprint density at radius 2 is 2.00 bits per heavy atom. The van der Waals surface area contributed by atoms with Crippen molar-refractivity contribution in [2.24, 2.45) is 0 Å². The molecule has 0 aliphatic carbocycles. The number of para-hydroxylation sites is 1. The molecule has 0 saturated heterocycles. The number of carbonyl (C=O) groups excluding carboxylic acids is 1. The van der Waals surface area contributed by atoms with Crippen LogP contribution in [0.5, 0.6) is 11.5 Å². The summed E-state index contributed by atoms with van der Waals surface area (Å²) in [6, 6.07) is 9.40. The van der Waals surface area contributed by atoms with Crippen molar-refractivity contribution >= 4 is 23.2 Å². The fourth-order valence-corrected chi connectivity index (χ4v) is 2.84. The van der Waals surface area contributed by atoms with Gasteiger partial charge in [-0.25, -0.2) is 0 Å². The van der Waals surface area contributed by atoms with E-state index in [4.69, 9.17) is 21.1 Å². The molecule has 2 aromatic rings. The zero-order valence-corrected chi connectivity index (χ0v) is 13.9. The number of halogens is 1. The van der Waals surface area contributed by atoms with Crippen LogP contribution in [-0.4, -0.2) is 30.6 Å². The molecule has 1 aliphatic rings. The lowest BCUT2D eigenvalue weighted by molar-refractivity contribution is -0.385. The molecule has 130 valence electrons. The first-order valence-electron chi connectivity index (χ1n) is 7.66. The van der Waals surface area contributed by atoms with Crippen LogP contribution in [0.1, 0.15) is 15.9 Å². The molecule has 1 aliphatic heterocycles. The quantitative estimate of drug-likeness (QED) is 0.652. The molecule has 1 amide bonds. The number of ether oxygens (including phenoxy) is 2. The predicted molar refractivity (Wildman–Crippen MR) is 91.6 cm³/mol. The maximum Gasteiger partial charge on any atom is 0.282 e. The van der Waals surface area contributed by atoms with E-state index in [-0.39, 0.29) is 11.3 Å². The summed E-state index contributed by atoms with van der Waals surface area (Å²) in [5, 5.41) is 14.1. The zero-order valence-electron chi connectivity index (χ0n) is 13.2. The van der Waals surface area contributed by atoms with Crippen molar-refractivity contribution < 1.29 is 19.2 Å². The second kappa shape index (κ2) is 7.40. The summed E-state index contributed by atoms with van der Waals surface area (Å²) in [6.45, 7) is 1.22. The van der Waals surface area contributed by atoms with Crippen LogP contribution in [0, 0.1) is 10.1 Å². The fourth-order valence-electron chi connectivity index (χ4n) is 2.55. The molecule has 0 bridgehead atoms. The highest BCUT2D eigenvalue weighted by Gasteiger charge is 2.19. The minimum atomic E-state index is -0.574. The topological polar surface area (TPSA) is 90.7 Å². The van der Waals surface area contributed by atoms with Gasteiger partial charge >= 0.3 is 0 Å². The smallest absolute Gasteiger partial charge is 0.282 e. The fraction of sp³-hybridized carbons (Fsp3) is 0.235. The lowest BCUT2D eigenvalue weighted by Crippen LogP contribution is -2.26. The number of nitro benzene ring substituents is 1. The lowest BCUT2D eigenvalue weighted by atomic mass is 10.1. The van der Waals surface area contributed by atoms with Gasteiger partial charge in [0, 0.05) is 12.6 Å². The zero-order chi connectivity index (χ0) is 17.8. The standard InChI is InChI=1S/C17H15ClN2O5/c18-13-9-11(10-15-16(13)25-8-7-24-15)5-6-19-17(21)12-3-1-2-4-14(12)20(22)23/h1-4,9-10H,5-8H2,(H,19,21). The molecule has 8 heteroatoms. The maximum atomic E-state index is 12.2. The van der Waals surface area contributed by atoms with Crippen molar-refractivity contribution in [3.63, 3.8) is 0 Å². The van der Waals surface area contributed by atoms with Gasteiger partial charge < -0.3 is 14.8 Å². The van der Waals surface area contributed by atoms with Gasteiger partial charge in [-0.1, -0.05) is 23.7 Å². The summed E-state index contributed by atoms with van der Waals surface area (Å²) in [7, 11) is 0. The Morgan fingerprint density at radius 3 is 2.80 bits per heavy atom. The number of hydrogen-bond acceptors (Lipinski definition) is 5. The number of nitro groups is 1. The third-order valence-corrected chi connectivity index (χ3v) is 3.98. The van der Waals surface area contributed by atoms with E-state index in [2.05, 4.69) is 5.32 Å². The van der Waals surface area contributed by atoms with Gasteiger partial charge in [-0.05, 0) is 30.2 Å². The maximum absolute atomic E-state index is 12.2. The SMILES string of the molecule is O=C(NCCc1cc(Cl)c2c(c1)OCCO2)c1ccccc1[N+](=O)[O-]. The van der Waals surface area contributed by atoms with E-state index in [1.54, 1.807) is 12.1 Å². The molecule has 1 N–H and O–H groups in total. The second-order valence-electron chi connectivity index (χ2n) is 5.38.